The fourth-order valence-corrected chi connectivity index (χ4v) is 1.24. The molecule has 0 radical (unpaired) electrons. The molecule has 0 heterocycles. The largest absolute Gasteiger partial charge is 0.397 e. The standard InChI is InChI=1S/C10H14ClFN2O/c1-10(2,5-15)14-9-3-6(11)7(12)4-8(9)13/h3-4,14-15H,5,13H2,1-2H3. The Morgan fingerprint density at radius 1 is 1.53 bits per heavy atom. The number of nitrogens with two attached hydrogens (primary N) is 1. The van der Waals surface area contributed by atoms with Crippen LogP contribution in [0.1, 0.15) is 13.8 Å². The van der Waals surface area contributed by atoms with Gasteiger partial charge in [-0.15, -0.1) is 0 Å². The van der Waals surface area contributed by atoms with Crippen molar-refractivity contribution in [3.05, 3.63) is 23.0 Å². The number of hydrogen-bond donors (Lipinski definition) is 3. The summed E-state index contributed by atoms with van der Waals surface area (Å²) in [5.74, 6) is -0.554. The summed E-state index contributed by atoms with van der Waals surface area (Å²) in [6, 6.07) is 2.56. The molecule has 0 aliphatic carbocycles. The Bertz CT molecular complexity index is 369. The summed E-state index contributed by atoms with van der Waals surface area (Å²) in [5, 5.41) is 12.0. The highest BCUT2D eigenvalue weighted by Crippen LogP contribution is 2.28. The molecule has 0 aliphatic rings. The average molecular weight is 233 g/mol. The molecule has 5 heteroatoms. The summed E-state index contributed by atoms with van der Waals surface area (Å²) in [5.41, 5.74) is 5.85. The van der Waals surface area contributed by atoms with Gasteiger partial charge in [-0.05, 0) is 19.9 Å². The number of halogens is 2. The number of rotatable bonds is 3. The van der Waals surface area contributed by atoms with Crippen LogP contribution in [-0.2, 0) is 0 Å². The van der Waals surface area contributed by atoms with Gasteiger partial charge in [0.2, 0.25) is 0 Å². The molecule has 1 rings (SSSR count). The van der Waals surface area contributed by atoms with Gasteiger partial charge >= 0.3 is 0 Å². The van der Waals surface area contributed by atoms with Crippen LogP contribution in [0, 0.1) is 5.82 Å². The average Bonchev–Trinajstić information content (AvgIpc) is 2.14. The fourth-order valence-electron chi connectivity index (χ4n) is 1.07. The molecular formula is C10H14ClFN2O. The summed E-state index contributed by atoms with van der Waals surface area (Å²) in [7, 11) is 0. The first kappa shape index (κ1) is 12.1. The van der Waals surface area contributed by atoms with E-state index in [9.17, 15) is 4.39 Å². The van der Waals surface area contributed by atoms with Crippen molar-refractivity contribution in [3.8, 4) is 0 Å². The summed E-state index contributed by atoms with van der Waals surface area (Å²) in [6.45, 7) is 3.52. The van der Waals surface area contributed by atoms with Crippen molar-refractivity contribution in [2.75, 3.05) is 17.7 Å². The highest BCUT2D eigenvalue weighted by atomic mass is 35.5. The van der Waals surface area contributed by atoms with E-state index in [2.05, 4.69) is 5.32 Å². The fraction of sp³-hybridized carbons (Fsp3) is 0.400. The van der Waals surface area contributed by atoms with Crippen LogP contribution in [0.4, 0.5) is 15.8 Å². The van der Waals surface area contributed by atoms with Crippen molar-refractivity contribution in [1.29, 1.82) is 0 Å². The molecule has 0 aliphatic heterocycles. The van der Waals surface area contributed by atoms with E-state index in [1.54, 1.807) is 13.8 Å². The molecule has 15 heavy (non-hydrogen) atoms. The van der Waals surface area contributed by atoms with E-state index in [1.165, 1.54) is 6.07 Å². The molecule has 0 amide bonds. The molecule has 0 bridgehead atoms. The Labute approximate surface area is 93.0 Å². The van der Waals surface area contributed by atoms with Crippen LogP contribution in [0.3, 0.4) is 0 Å². The monoisotopic (exact) mass is 232 g/mol. The number of hydrogen-bond acceptors (Lipinski definition) is 3. The molecule has 1 aromatic rings. The predicted molar refractivity (Wildman–Crippen MR) is 60.6 cm³/mol. The summed E-state index contributed by atoms with van der Waals surface area (Å²) >= 11 is 5.62. The first-order valence-electron chi connectivity index (χ1n) is 4.49. The molecule has 84 valence electrons. The normalized spacial score (nSPS) is 11.5. The van der Waals surface area contributed by atoms with Crippen molar-refractivity contribution in [2.45, 2.75) is 19.4 Å². The molecule has 0 saturated carbocycles. The minimum Gasteiger partial charge on any atom is -0.397 e. The zero-order chi connectivity index (χ0) is 11.6. The maximum Gasteiger partial charge on any atom is 0.143 e. The number of nitrogens with one attached hydrogen (secondary N) is 1. The van der Waals surface area contributed by atoms with Gasteiger partial charge in [0.15, 0.2) is 0 Å². The van der Waals surface area contributed by atoms with Gasteiger partial charge in [0.1, 0.15) is 5.82 Å². The predicted octanol–water partition coefficient (Wildman–Crippen LogP) is 2.24. The number of anilines is 2. The first-order valence-corrected chi connectivity index (χ1v) is 4.87. The van der Waals surface area contributed by atoms with Crippen molar-refractivity contribution in [3.63, 3.8) is 0 Å². The molecule has 4 N–H and O–H groups in total. The third-order valence-corrected chi connectivity index (χ3v) is 2.25. The van der Waals surface area contributed by atoms with Crippen LogP contribution in [0.15, 0.2) is 12.1 Å². The number of aliphatic hydroxyl groups excluding tert-OH is 1. The molecule has 0 fully saturated rings. The van der Waals surface area contributed by atoms with E-state index in [-0.39, 0.29) is 17.3 Å². The lowest BCUT2D eigenvalue weighted by Gasteiger charge is -2.26. The summed E-state index contributed by atoms with van der Waals surface area (Å²) in [4.78, 5) is 0. The van der Waals surface area contributed by atoms with E-state index >= 15 is 0 Å². The van der Waals surface area contributed by atoms with Gasteiger partial charge in [-0.1, -0.05) is 11.6 Å². The van der Waals surface area contributed by atoms with Crippen LogP contribution < -0.4 is 11.1 Å². The van der Waals surface area contributed by atoms with Gasteiger partial charge in [-0.2, -0.15) is 0 Å². The molecule has 3 nitrogen and oxygen atoms in total. The van der Waals surface area contributed by atoms with E-state index in [0.717, 1.165) is 6.07 Å². The van der Waals surface area contributed by atoms with E-state index < -0.39 is 11.4 Å². The van der Waals surface area contributed by atoms with Gasteiger partial charge in [-0.25, -0.2) is 4.39 Å². The Kier molecular flexibility index (Phi) is 3.42. The molecule has 1 aromatic carbocycles. The van der Waals surface area contributed by atoms with Gasteiger partial charge < -0.3 is 16.2 Å². The second kappa shape index (κ2) is 4.24. The van der Waals surface area contributed by atoms with Gasteiger partial charge in [0.25, 0.3) is 0 Å². The Morgan fingerprint density at radius 3 is 2.67 bits per heavy atom. The quantitative estimate of drug-likeness (QED) is 0.701. The van der Waals surface area contributed by atoms with Crippen molar-refractivity contribution in [1.82, 2.24) is 0 Å². The Hall–Kier alpha value is -1.00. The summed E-state index contributed by atoms with van der Waals surface area (Å²) in [6.07, 6.45) is 0. The molecule has 0 unspecified atom stereocenters. The number of benzene rings is 1. The van der Waals surface area contributed by atoms with Gasteiger partial charge in [0.05, 0.1) is 28.5 Å². The van der Waals surface area contributed by atoms with E-state index in [1.807, 2.05) is 0 Å². The number of aliphatic hydroxyl groups is 1. The topological polar surface area (TPSA) is 58.3 Å². The lowest BCUT2D eigenvalue weighted by Crippen LogP contribution is -2.35. The van der Waals surface area contributed by atoms with Gasteiger partial charge in [0, 0.05) is 6.07 Å². The molecule has 0 saturated heterocycles. The zero-order valence-electron chi connectivity index (χ0n) is 8.64. The highest BCUT2D eigenvalue weighted by Gasteiger charge is 2.17. The van der Waals surface area contributed by atoms with Crippen molar-refractivity contribution in [2.24, 2.45) is 0 Å². The lowest BCUT2D eigenvalue weighted by molar-refractivity contribution is 0.234. The third-order valence-electron chi connectivity index (χ3n) is 1.96. The maximum absolute atomic E-state index is 13.0. The Balaban J connectivity index is 3.01. The van der Waals surface area contributed by atoms with Crippen LogP contribution in [0.2, 0.25) is 5.02 Å². The zero-order valence-corrected chi connectivity index (χ0v) is 9.40. The highest BCUT2D eigenvalue weighted by molar-refractivity contribution is 6.31. The molecule has 0 atom stereocenters. The van der Waals surface area contributed by atoms with Crippen LogP contribution >= 0.6 is 11.6 Å². The first-order chi connectivity index (χ1) is 6.85. The van der Waals surface area contributed by atoms with Crippen LogP contribution in [0.5, 0.6) is 0 Å². The van der Waals surface area contributed by atoms with E-state index in [4.69, 9.17) is 22.4 Å². The minimum atomic E-state index is -0.554. The van der Waals surface area contributed by atoms with Crippen LogP contribution in [-0.4, -0.2) is 17.3 Å². The number of nitrogen functional groups attached to an aromatic ring is 1. The maximum atomic E-state index is 13.0. The SMILES string of the molecule is CC(C)(CO)Nc1cc(Cl)c(F)cc1N. The second-order valence-corrected chi connectivity index (χ2v) is 4.43. The van der Waals surface area contributed by atoms with Gasteiger partial charge in [-0.3, -0.25) is 0 Å². The second-order valence-electron chi connectivity index (χ2n) is 4.02. The molecule has 0 spiro atoms. The third kappa shape index (κ3) is 2.97. The Morgan fingerprint density at radius 2 is 2.13 bits per heavy atom. The van der Waals surface area contributed by atoms with E-state index in [0.29, 0.717) is 5.69 Å². The molecule has 0 aromatic heterocycles. The smallest absolute Gasteiger partial charge is 0.143 e. The molecular weight excluding hydrogens is 219 g/mol. The van der Waals surface area contributed by atoms with Crippen molar-refractivity contribution >= 4 is 23.0 Å². The summed E-state index contributed by atoms with van der Waals surface area (Å²) < 4.78 is 13.0. The minimum absolute atomic E-state index is 0.000407. The lowest BCUT2D eigenvalue weighted by atomic mass is 10.1. The van der Waals surface area contributed by atoms with Crippen LogP contribution in [0.25, 0.3) is 0 Å². The van der Waals surface area contributed by atoms with Crippen molar-refractivity contribution < 1.29 is 9.50 Å².